The van der Waals surface area contributed by atoms with Crippen LogP contribution < -0.4 is 0 Å². The summed E-state index contributed by atoms with van der Waals surface area (Å²) in [5, 5.41) is 5.80. The molecule has 1 fully saturated rings. The lowest BCUT2D eigenvalue weighted by Gasteiger charge is -2.21. The van der Waals surface area contributed by atoms with Gasteiger partial charge in [0.05, 0.1) is 0 Å². The molecule has 5 nitrogen and oxygen atoms in total. The zero-order chi connectivity index (χ0) is 14.2. The van der Waals surface area contributed by atoms with Gasteiger partial charge in [0.15, 0.2) is 12.1 Å². The third-order valence-electron chi connectivity index (χ3n) is 4.10. The number of hydrogen-bond donors (Lipinski definition) is 0. The van der Waals surface area contributed by atoms with Crippen LogP contribution in [0.2, 0.25) is 0 Å². The third-order valence-corrected chi connectivity index (χ3v) is 4.10. The lowest BCUT2D eigenvalue weighted by molar-refractivity contribution is -0.0395. The summed E-state index contributed by atoms with van der Waals surface area (Å²) in [5.41, 5.74) is 2.26. The molecular formula is C16H18N4O. The molecule has 1 aliphatic rings. The van der Waals surface area contributed by atoms with Gasteiger partial charge in [0.2, 0.25) is 0 Å². The van der Waals surface area contributed by atoms with Gasteiger partial charge in [-0.25, -0.2) is 9.67 Å². The Labute approximate surface area is 123 Å². The fourth-order valence-electron chi connectivity index (χ4n) is 2.90. The van der Waals surface area contributed by atoms with E-state index < -0.39 is 0 Å². The molecule has 1 unspecified atom stereocenters. The van der Waals surface area contributed by atoms with E-state index in [-0.39, 0.29) is 6.23 Å². The molecule has 1 atom stereocenters. The van der Waals surface area contributed by atoms with Gasteiger partial charge in [-0.2, -0.15) is 0 Å². The Kier molecular flexibility index (Phi) is 3.00. The number of benzene rings is 1. The van der Waals surface area contributed by atoms with Gasteiger partial charge in [0.1, 0.15) is 6.33 Å². The second kappa shape index (κ2) is 5.00. The van der Waals surface area contributed by atoms with E-state index >= 15 is 0 Å². The van der Waals surface area contributed by atoms with Crippen LogP contribution in [-0.4, -0.2) is 25.9 Å². The molecule has 3 heterocycles. The fraction of sp³-hybridized carbons (Fsp3) is 0.375. The molecule has 1 aromatic carbocycles. The SMILES string of the molecule is Cn1ccc2cc(-c3ncn(C4CCCCO4)n3)ccc21. The van der Waals surface area contributed by atoms with E-state index in [2.05, 4.69) is 52.2 Å². The summed E-state index contributed by atoms with van der Waals surface area (Å²) in [4.78, 5) is 4.44. The Balaban J connectivity index is 1.66. The molecule has 21 heavy (non-hydrogen) atoms. The quantitative estimate of drug-likeness (QED) is 0.725. The van der Waals surface area contributed by atoms with E-state index in [1.807, 2.05) is 4.68 Å². The van der Waals surface area contributed by atoms with E-state index in [1.54, 1.807) is 6.33 Å². The molecule has 5 heteroatoms. The van der Waals surface area contributed by atoms with Gasteiger partial charge in [-0.05, 0) is 43.5 Å². The predicted octanol–water partition coefficient (Wildman–Crippen LogP) is 3.14. The maximum absolute atomic E-state index is 5.74. The van der Waals surface area contributed by atoms with Crippen LogP contribution in [0.15, 0.2) is 36.8 Å². The van der Waals surface area contributed by atoms with Crippen molar-refractivity contribution < 1.29 is 4.74 Å². The molecule has 1 aliphatic heterocycles. The zero-order valence-electron chi connectivity index (χ0n) is 12.1. The molecule has 0 radical (unpaired) electrons. The van der Waals surface area contributed by atoms with Gasteiger partial charge in [-0.1, -0.05) is 0 Å². The number of fused-ring (bicyclic) bond motifs is 1. The first-order chi connectivity index (χ1) is 10.3. The van der Waals surface area contributed by atoms with Crippen molar-refractivity contribution in [1.82, 2.24) is 19.3 Å². The average Bonchev–Trinajstić information content (AvgIpc) is 3.15. The lowest BCUT2D eigenvalue weighted by atomic mass is 10.1. The minimum Gasteiger partial charge on any atom is -0.356 e. The Morgan fingerprint density at radius 2 is 2.19 bits per heavy atom. The number of ether oxygens (including phenoxy) is 1. The molecule has 0 N–H and O–H groups in total. The van der Waals surface area contributed by atoms with Crippen molar-refractivity contribution in [3.05, 3.63) is 36.8 Å². The second-order valence-corrected chi connectivity index (χ2v) is 5.57. The number of rotatable bonds is 2. The van der Waals surface area contributed by atoms with Crippen molar-refractivity contribution in [2.24, 2.45) is 7.05 Å². The molecule has 0 bridgehead atoms. The smallest absolute Gasteiger partial charge is 0.181 e. The summed E-state index contributed by atoms with van der Waals surface area (Å²) in [7, 11) is 2.05. The molecule has 0 saturated carbocycles. The van der Waals surface area contributed by atoms with Crippen LogP contribution in [0.5, 0.6) is 0 Å². The lowest BCUT2D eigenvalue weighted by Crippen LogP contribution is -2.18. The van der Waals surface area contributed by atoms with Crippen LogP contribution in [0.1, 0.15) is 25.5 Å². The van der Waals surface area contributed by atoms with Crippen LogP contribution in [0.3, 0.4) is 0 Å². The minimum atomic E-state index is 0.0421. The molecule has 0 amide bonds. The average molecular weight is 282 g/mol. The number of aryl methyl sites for hydroxylation is 1. The molecule has 1 saturated heterocycles. The maximum atomic E-state index is 5.74. The molecule has 0 spiro atoms. The highest BCUT2D eigenvalue weighted by molar-refractivity contribution is 5.84. The zero-order valence-corrected chi connectivity index (χ0v) is 12.1. The Morgan fingerprint density at radius 1 is 1.24 bits per heavy atom. The van der Waals surface area contributed by atoms with Crippen molar-refractivity contribution in [2.75, 3.05) is 6.61 Å². The maximum Gasteiger partial charge on any atom is 0.181 e. The molecule has 0 aliphatic carbocycles. The van der Waals surface area contributed by atoms with Crippen molar-refractivity contribution in [3.8, 4) is 11.4 Å². The monoisotopic (exact) mass is 282 g/mol. The minimum absolute atomic E-state index is 0.0421. The van der Waals surface area contributed by atoms with E-state index in [0.717, 1.165) is 30.8 Å². The van der Waals surface area contributed by atoms with Crippen LogP contribution >= 0.6 is 0 Å². The van der Waals surface area contributed by atoms with Crippen LogP contribution in [0, 0.1) is 0 Å². The van der Waals surface area contributed by atoms with Crippen LogP contribution in [0.4, 0.5) is 0 Å². The number of hydrogen-bond acceptors (Lipinski definition) is 3. The summed E-state index contributed by atoms with van der Waals surface area (Å²) in [5.74, 6) is 0.759. The topological polar surface area (TPSA) is 44.9 Å². The highest BCUT2D eigenvalue weighted by atomic mass is 16.5. The van der Waals surface area contributed by atoms with Gasteiger partial charge in [-0.3, -0.25) is 0 Å². The van der Waals surface area contributed by atoms with E-state index in [0.29, 0.717) is 0 Å². The fourth-order valence-corrected chi connectivity index (χ4v) is 2.90. The van der Waals surface area contributed by atoms with Crippen molar-refractivity contribution in [3.63, 3.8) is 0 Å². The molecule has 4 rings (SSSR count). The van der Waals surface area contributed by atoms with Gasteiger partial charge < -0.3 is 9.30 Å². The van der Waals surface area contributed by atoms with Crippen LogP contribution in [-0.2, 0) is 11.8 Å². The standard InChI is InChI=1S/C16H18N4O/c1-19-8-7-12-10-13(5-6-14(12)19)16-17-11-20(18-16)15-4-2-3-9-21-15/h5-8,10-11,15H,2-4,9H2,1H3. The first-order valence-corrected chi connectivity index (χ1v) is 7.39. The Hall–Kier alpha value is -2.14. The summed E-state index contributed by atoms with van der Waals surface area (Å²) in [6.45, 7) is 0.815. The second-order valence-electron chi connectivity index (χ2n) is 5.57. The van der Waals surface area contributed by atoms with E-state index in [1.165, 1.54) is 17.3 Å². The summed E-state index contributed by atoms with van der Waals surface area (Å²) in [6.07, 6.45) is 7.23. The Morgan fingerprint density at radius 3 is 3.05 bits per heavy atom. The molecule has 2 aromatic heterocycles. The van der Waals surface area contributed by atoms with Crippen molar-refractivity contribution in [2.45, 2.75) is 25.5 Å². The number of nitrogens with zero attached hydrogens (tertiary/aromatic N) is 4. The first kappa shape index (κ1) is 12.6. The first-order valence-electron chi connectivity index (χ1n) is 7.39. The molecule has 3 aromatic rings. The highest BCUT2D eigenvalue weighted by Gasteiger charge is 2.17. The Bertz CT molecular complexity index is 768. The van der Waals surface area contributed by atoms with Gasteiger partial charge in [0, 0.05) is 36.3 Å². The summed E-state index contributed by atoms with van der Waals surface area (Å²) in [6, 6.07) is 8.43. The number of aromatic nitrogens is 4. The molecule has 108 valence electrons. The third kappa shape index (κ3) is 2.23. The van der Waals surface area contributed by atoms with E-state index in [4.69, 9.17) is 4.74 Å². The largest absolute Gasteiger partial charge is 0.356 e. The van der Waals surface area contributed by atoms with Gasteiger partial charge >= 0.3 is 0 Å². The normalized spacial score (nSPS) is 19.2. The summed E-state index contributed by atoms with van der Waals surface area (Å²) < 4.78 is 9.71. The van der Waals surface area contributed by atoms with Gasteiger partial charge in [-0.15, -0.1) is 5.10 Å². The van der Waals surface area contributed by atoms with Crippen LogP contribution in [0.25, 0.3) is 22.3 Å². The predicted molar refractivity (Wildman–Crippen MR) is 80.8 cm³/mol. The van der Waals surface area contributed by atoms with Crippen molar-refractivity contribution >= 4 is 10.9 Å². The highest BCUT2D eigenvalue weighted by Crippen LogP contribution is 2.25. The molecular weight excluding hydrogens is 264 g/mol. The van der Waals surface area contributed by atoms with Gasteiger partial charge in [0.25, 0.3) is 0 Å². The van der Waals surface area contributed by atoms with E-state index in [9.17, 15) is 0 Å². The summed E-state index contributed by atoms with van der Waals surface area (Å²) >= 11 is 0. The van der Waals surface area contributed by atoms with Crippen molar-refractivity contribution in [1.29, 1.82) is 0 Å².